The van der Waals surface area contributed by atoms with E-state index < -0.39 is 4.92 Å². The first-order valence-electron chi connectivity index (χ1n) is 2.82. The third-order valence-corrected chi connectivity index (χ3v) is 1.52. The number of benzene rings is 1. The van der Waals surface area contributed by atoms with E-state index in [9.17, 15) is 10.1 Å². The standard InChI is InChI=1S/C6H5NO3.Ti/c8-6-4-2-1-3-5(6)7(9)10;/h1-4,8H;/q;+1/p-1. The van der Waals surface area contributed by atoms with Crippen molar-refractivity contribution in [1.82, 2.24) is 0 Å². The zero-order chi connectivity index (χ0) is 8.27. The fourth-order valence-electron chi connectivity index (χ4n) is 0.694. The Kier molecular flexibility index (Phi) is 2.62. The first-order valence-corrected chi connectivity index (χ1v) is 3.46. The van der Waals surface area contributed by atoms with Crippen LogP contribution >= 0.6 is 0 Å². The van der Waals surface area contributed by atoms with Gasteiger partial charge in [0.2, 0.25) is 0 Å². The summed E-state index contributed by atoms with van der Waals surface area (Å²) in [6, 6.07) is 6.24. The van der Waals surface area contributed by atoms with Gasteiger partial charge in [-0.05, 0) is 0 Å². The molecule has 0 unspecified atom stereocenters. The van der Waals surface area contributed by atoms with Gasteiger partial charge in [0.25, 0.3) is 0 Å². The van der Waals surface area contributed by atoms with Crippen LogP contribution in [0.25, 0.3) is 0 Å². The quantitative estimate of drug-likeness (QED) is 0.398. The molecule has 1 aromatic carbocycles. The van der Waals surface area contributed by atoms with Gasteiger partial charge in [0.05, 0.1) is 0 Å². The first-order chi connectivity index (χ1) is 5.25. The fraction of sp³-hybridized carbons (Fsp3) is 0. The predicted octanol–water partition coefficient (Wildman–Crippen LogP) is 1.44. The number of nitrogens with zero attached hydrogens (tertiary/aromatic N) is 1. The zero-order valence-electron chi connectivity index (χ0n) is 5.48. The summed E-state index contributed by atoms with van der Waals surface area (Å²) in [7, 11) is 0. The van der Waals surface area contributed by atoms with E-state index in [-0.39, 0.29) is 11.4 Å². The maximum atomic E-state index is 10.3. The molecule has 0 aliphatic heterocycles. The van der Waals surface area contributed by atoms with Crippen molar-refractivity contribution in [3.63, 3.8) is 0 Å². The van der Waals surface area contributed by atoms with Gasteiger partial charge in [-0.3, -0.25) is 0 Å². The Bertz CT molecular complexity index is 276. The van der Waals surface area contributed by atoms with Crippen LogP contribution in [0.1, 0.15) is 0 Å². The summed E-state index contributed by atoms with van der Waals surface area (Å²) in [4.78, 5) is 9.83. The molecule has 1 aromatic rings. The summed E-state index contributed by atoms with van der Waals surface area (Å²) in [6.45, 7) is 0. The van der Waals surface area contributed by atoms with Gasteiger partial charge in [0, 0.05) is 0 Å². The van der Waals surface area contributed by atoms with E-state index in [4.69, 9.17) is 3.32 Å². The van der Waals surface area contributed by atoms with E-state index in [0.717, 1.165) is 0 Å². The van der Waals surface area contributed by atoms with Crippen molar-refractivity contribution in [2.45, 2.75) is 0 Å². The molecule has 4 nitrogen and oxygen atoms in total. The Morgan fingerprint density at radius 3 is 2.55 bits per heavy atom. The van der Waals surface area contributed by atoms with Crippen LogP contribution in [0.2, 0.25) is 0 Å². The molecule has 0 saturated carbocycles. The molecule has 5 heteroatoms. The second-order valence-corrected chi connectivity index (χ2v) is 2.15. The minimum atomic E-state index is -0.473. The molecule has 0 atom stereocenters. The number of nitro benzene ring substituents is 1. The molecular formula is C6H4NO3Ti. The molecule has 0 aromatic heterocycles. The maximum absolute atomic E-state index is 10.3. The summed E-state index contributed by atoms with van der Waals surface area (Å²) in [5.41, 5.74) is -0.00463. The zero-order valence-corrected chi connectivity index (χ0v) is 7.04. The number of hydrogen-bond acceptors (Lipinski definition) is 3. The molecule has 0 bridgehead atoms. The summed E-state index contributed by atoms with van der Waals surface area (Å²) in [6.07, 6.45) is 0. The second-order valence-electron chi connectivity index (χ2n) is 1.83. The number of rotatable bonds is 2. The van der Waals surface area contributed by atoms with Crippen LogP contribution in [-0.2, 0) is 20.8 Å². The van der Waals surface area contributed by atoms with E-state index >= 15 is 0 Å². The van der Waals surface area contributed by atoms with Crippen LogP contribution in [0.4, 0.5) is 5.69 Å². The Morgan fingerprint density at radius 2 is 2.09 bits per heavy atom. The Hall–Kier alpha value is -0.866. The van der Waals surface area contributed by atoms with Gasteiger partial charge in [-0.2, -0.15) is 0 Å². The van der Waals surface area contributed by atoms with Gasteiger partial charge in [-0.25, -0.2) is 0 Å². The average molecular weight is 186 g/mol. The Labute approximate surface area is 75.2 Å². The van der Waals surface area contributed by atoms with Crippen molar-refractivity contribution in [2.75, 3.05) is 0 Å². The van der Waals surface area contributed by atoms with E-state index in [1.165, 1.54) is 26.9 Å². The molecule has 0 saturated heterocycles. The molecular weight excluding hydrogens is 182 g/mol. The molecule has 11 heavy (non-hydrogen) atoms. The number of para-hydroxylation sites is 2. The van der Waals surface area contributed by atoms with Crippen molar-refractivity contribution >= 4 is 5.69 Å². The molecule has 55 valence electrons. The van der Waals surface area contributed by atoms with Crippen LogP contribution in [-0.4, -0.2) is 4.92 Å². The topological polar surface area (TPSA) is 52.4 Å². The number of nitro groups is 1. The van der Waals surface area contributed by atoms with E-state index in [0.29, 0.717) is 0 Å². The molecule has 0 fully saturated rings. The third kappa shape index (κ3) is 1.79. The van der Waals surface area contributed by atoms with Crippen LogP contribution in [0.5, 0.6) is 5.75 Å². The van der Waals surface area contributed by atoms with Gasteiger partial charge in [-0.1, -0.05) is 0 Å². The molecule has 0 N–H and O–H groups in total. The minimum absolute atomic E-state index is 0.00463. The van der Waals surface area contributed by atoms with Crippen molar-refractivity contribution in [3.05, 3.63) is 34.4 Å². The third-order valence-electron chi connectivity index (χ3n) is 1.17. The monoisotopic (exact) mass is 186 g/mol. The summed E-state index contributed by atoms with van der Waals surface area (Å²) < 4.78 is 4.76. The van der Waals surface area contributed by atoms with Crippen LogP contribution in [0.3, 0.4) is 0 Å². The molecule has 0 aliphatic rings. The van der Waals surface area contributed by atoms with Gasteiger partial charge in [-0.15, -0.1) is 0 Å². The molecule has 0 aliphatic carbocycles. The van der Waals surface area contributed by atoms with Crippen molar-refractivity contribution in [3.8, 4) is 5.75 Å². The van der Waals surface area contributed by atoms with Crippen molar-refractivity contribution in [1.29, 1.82) is 0 Å². The summed E-state index contributed by atoms with van der Waals surface area (Å²) >= 11 is 1.41. The first kappa shape index (κ1) is 8.23. The fourth-order valence-corrected chi connectivity index (χ4v) is 0.964. The van der Waals surface area contributed by atoms with Crippen LogP contribution in [0.15, 0.2) is 24.3 Å². The average Bonchev–Trinajstić information content (AvgIpc) is 2.04. The molecule has 0 spiro atoms. The van der Waals surface area contributed by atoms with Gasteiger partial charge in [0.15, 0.2) is 0 Å². The van der Waals surface area contributed by atoms with Crippen LogP contribution < -0.4 is 3.32 Å². The summed E-state index contributed by atoms with van der Waals surface area (Å²) in [5, 5.41) is 10.3. The van der Waals surface area contributed by atoms with Gasteiger partial charge >= 0.3 is 74.9 Å². The normalized spacial score (nSPS) is 9.00. The molecule has 0 amide bonds. The Balaban J connectivity index is 3.12. The SMILES string of the molecule is O=[N+]([O-])c1ccccc1[O][Ti]. The van der Waals surface area contributed by atoms with Crippen molar-refractivity contribution in [2.24, 2.45) is 0 Å². The molecule has 0 radical (unpaired) electrons. The second kappa shape index (κ2) is 3.50. The van der Waals surface area contributed by atoms with Gasteiger partial charge < -0.3 is 0 Å². The molecule has 1 rings (SSSR count). The Morgan fingerprint density at radius 1 is 1.45 bits per heavy atom. The van der Waals surface area contributed by atoms with E-state index in [2.05, 4.69) is 0 Å². The van der Waals surface area contributed by atoms with Crippen molar-refractivity contribution < 1.29 is 29.1 Å². The van der Waals surface area contributed by atoms with E-state index in [1.54, 1.807) is 18.2 Å². The van der Waals surface area contributed by atoms with E-state index in [1.807, 2.05) is 0 Å². The van der Waals surface area contributed by atoms with Crippen LogP contribution in [0, 0.1) is 10.1 Å². The number of hydrogen-bond donors (Lipinski definition) is 0. The summed E-state index contributed by atoms with van der Waals surface area (Å²) in [5.74, 6) is 0.289. The predicted molar refractivity (Wildman–Crippen MR) is 33.7 cm³/mol. The van der Waals surface area contributed by atoms with Gasteiger partial charge in [0.1, 0.15) is 0 Å². The molecule has 0 heterocycles.